The minimum Gasteiger partial charge on any atom is -0.206 e. The molecule has 2 rings (SSSR count). The van der Waals surface area contributed by atoms with E-state index < -0.39 is 10.0 Å². The van der Waals surface area contributed by atoms with E-state index in [4.69, 9.17) is 11.6 Å². The molecule has 0 saturated heterocycles. The number of hydrogen-bond acceptors (Lipinski definition) is 3. The van der Waals surface area contributed by atoms with Crippen LogP contribution in [0.25, 0.3) is 0 Å². The van der Waals surface area contributed by atoms with Crippen LogP contribution < -0.4 is 0 Å². The number of sulfonamides is 1. The Labute approximate surface area is 111 Å². The predicted octanol–water partition coefficient (Wildman–Crippen LogP) is 2.83. The average Bonchev–Trinajstić information content (AvgIpc) is 2.99. The van der Waals surface area contributed by atoms with Gasteiger partial charge in [0.25, 0.3) is 10.0 Å². The third-order valence-electron chi connectivity index (χ3n) is 3.00. The molecular weight excluding hydrogens is 278 g/mol. The number of aryl methyl sites for hydroxylation is 1. The lowest BCUT2D eigenvalue weighted by molar-refractivity contribution is 0.454. The van der Waals surface area contributed by atoms with Crippen molar-refractivity contribution in [3.63, 3.8) is 0 Å². The van der Waals surface area contributed by atoms with Crippen molar-refractivity contribution in [1.82, 2.24) is 4.31 Å². The summed E-state index contributed by atoms with van der Waals surface area (Å²) in [5, 5.41) is 0. The number of halogens is 1. The molecule has 0 aromatic carbocycles. The predicted molar refractivity (Wildman–Crippen MR) is 71.2 cm³/mol. The molecule has 0 unspecified atom stereocenters. The van der Waals surface area contributed by atoms with Crippen LogP contribution in [0.4, 0.5) is 0 Å². The van der Waals surface area contributed by atoms with Crippen LogP contribution in [0.15, 0.2) is 10.3 Å². The van der Waals surface area contributed by atoms with Crippen molar-refractivity contribution in [3.8, 4) is 0 Å². The van der Waals surface area contributed by atoms with Crippen LogP contribution in [0.2, 0.25) is 0 Å². The molecule has 1 aliphatic carbocycles. The monoisotopic (exact) mass is 293 g/mol. The van der Waals surface area contributed by atoms with Crippen LogP contribution in [0.1, 0.15) is 23.3 Å². The lowest BCUT2D eigenvalue weighted by Gasteiger charge is -2.15. The van der Waals surface area contributed by atoms with Gasteiger partial charge in [0.1, 0.15) is 4.21 Å². The summed E-state index contributed by atoms with van der Waals surface area (Å²) < 4.78 is 26.4. The molecule has 0 atom stereocenters. The maximum absolute atomic E-state index is 12.3. The third kappa shape index (κ3) is 2.84. The summed E-state index contributed by atoms with van der Waals surface area (Å²) in [7, 11) is -1.66. The van der Waals surface area contributed by atoms with Gasteiger partial charge in [-0.25, -0.2) is 8.42 Å². The van der Waals surface area contributed by atoms with E-state index in [0.29, 0.717) is 22.6 Å². The quantitative estimate of drug-likeness (QED) is 0.783. The summed E-state index contributed by atoms with van der Waals surface area (Å²) in [5.41, 5.74) is 0.961. The van der Waals surface area contributed by atoms with Gasteiger partial charge in [-0.15, -0.1) is 22.9 Å². The minimum absolute atomic E-state index is 0.373. The molecule has 1 aromatic rings. The van der Waals surface area contributed by atoms with Crippen molar-refractivity contribution in [2.24, 2.45) is 5.92 Å². The fourth-order valence-electron chi connectivity index (χ4n) is 1.66. The van der Waals surface area contributed by atoms with Gasteiger partial charge in [-0.3, -0.25) is 0 Å². The van der Waals surface area contributed by atoms with Crippen LogP contribution in [-0.2, 0) is 15.9 Å². The molecule has 0 spiro atoms. The molecule has 0 bridgehead atoms. The zero-order chi connectivity index (χ0) is 12.6. The van der Waals surface area contributed by atoms with Crippen molar-refractivity contribution < 1.29 is 8.42 Å². The molecule has 0 aliphatic heterocycles. The Bertz CT molecular complexity index is 506. The van der Waals surface area contributed by atoms with Gasteiger partial charge in [0.05, 0.1) is 5.88 Å². The van der Waals surface area contributed by atoms with Gasteiger partial charge in [0.15, 0.2) is 0 Å². The standard InChI is InChI=1S/C11H16ClNO2S2/c1-8-5-11(16-10(8)6-12)17(14,15)13(2)7-9-3-4-9/h5,9H,3-4,6-7H2,1-2H3. The van der Waals surface area contributed by atoms with Crippen molar-refractivity contribution >= 4 is 33.0 Å². The maximum atomic E-state index is 12.3. The lowest BCUT2D eigenvalue weighted by Crippen LogP contribution is -2.28. The highest BCUT2D eigenvalue weighted by Crippen LogP contribution is 2.33. The van der Waals surface area contributed by atoms with Gasteiger partial charge >= 0.3 is 0 Å². The van der Waals surface area contributed by atoms with E-state index in [-0.39, 0.29) is 0 Å². The Morgan fingerprint density at radius 2 is 2.18 bits per heavy atom. The molecule has 1 saturated carbocycles. The fraction of sp³-hybridized carbons (Fsp3) is 0.636. The average molecular weight is 294 g/mol. The summed E-state index contributed by atoms with van der Waals surface area (Å²) in [5.74, 6) is 0.932. The Kier molecular flexibility index (Phi) is 3.83. The summed E-state index contributed by atoms with van der Waals surface area (Å²) in [4.78, 5) is 0.935. The molecule has 1 aliphatic rings. The second-order valence-corrected chi connectivity index (χ2v) is 8.21. The first-order valence-electron chi connectivity index (χ1n) is 5.56. The van der Waals surface area contributed by atoms with Crippen LogP contribution in [0.5, 0.6) is 0 Å². The first-order valence-corrected chi connectivity index (χ1v) is 8.36. The Hall–Kier alpha value is -0.100. The van der Waals surface area contributed by atoms with Gasteiger partial charge in [0.2, 0.25) is 0 Å². The molecule has 6 heteroatoms. The van der Waals surface area contributed by atoms with Crippen LogP contribution >= 0.6 is 22.9 Å². The zero-order valence-electron chi connectivity index (χ0n) is 9.94. The molecule has 1 aromatic heterocycles. The molecule has 1 fully saturated rings. The Morgan fingerprint density at radius 3 is 2.65 bits per heavy atom. The largest absolute Gasteiger partial charge is 0.252 e. The van der Waals surface area contributed by atoms with E-state index in [9.17, 15) is 8.42 Å². The van der Waals surface area contributed by atoms with E-state index in [2.05, 4.69) is 0 Å². The van der Waals surface area contributed by atoms with Gasteiger partial charge in [-0.2, -0.15) is 4.31 Å². The van der Waals surface area contributed by atoms with Gasteiger partial charge in [-0.05, 0) is 37.3 Å². The summed E-state index contributed by atoms with van der Waals surface area (Å²) in [6.45, 7) is 2.53. The van der Waals surface area contributed by atoms with Crippen LogP contribution in [0, 0.1) is 12.8 Å². The van der Waals surface area contributed by atoms with Crippen LogP contribution in [0.3, 0.4) is 0 Å². The van der Waals surface area contributed by atoms with Crippen molar-refractivity contribution in [1.29, 1.82) is 0 Å². The molecule has 96 valence electrons. The topological polar surface area (TPSA) is 37.4 Å². The Morgan fingerprint density at radius 1 is 1.53 bits per heavy atom. The molecule has 0 radical (unpaired) electrons. The van der Waals surface area contributed by atoms with Gasteiger partial charge < -0.3 is 0 Å². The molecule has 3 nitrogen and oxygen atoms in total. The number of hydrogen-bond donors (Lipinski definition) is 0. The van der Waals surface area contributed by atoms with E-state index in [1.165, 1.54) is 15.6 Å². The van der Waals surface area contributed by atoms with E-state index in [1.807, 2.05) is 6.92 Å². The smallest absolute Gasteiger partial charge is 0.206 e. The fourth-order valence-corrected chi connectivity index (χ4v) is 4.94. The molecule has 17 heavy (non-hydrogen) atoms. The highest BCUT2D eigenvalue weighted by Gasteiger charge is 2.30. The van der Waals surface area contributed by atoms with Crippen molar-refractivity contribution in [2.75, 3.05) is 13.6 Å². The summed E-state index contributed by atoms with van der Waals surface area (Å²) >= 11 is 7.05. The molecule has 0 amide bonds. The highest BCUT2D eigenvalue weighted by atomic mass is 35.5. The van der Waals surface area contributed by atoms with E-state index in [1.54, 1.807) is 13.1 Å². The molecule has 0 N–H and O–H groups in total. The number of rotatable bonds is 5. The van der Waals surface area contributed by atoms with Gasteiger partial charge in [-0.1, -0.05) is 0 Å². The van der Waals surface area contributed by atoms with Crippen molar-refractivity contribution in [2.45, 2.75) is 29.9 Å². The number of alkyl halides is 1. The SMILES string of the molecule is Cc1cc(S(=O)(=O)N(C)CC2CC2)sc1CCl. The molecule has 1 heterocycles. The lowest BCUT2D eigenvalue weighted by atomic mass is 10.3. The van der Waals surface area contributed by atoms with Gasteiger partial charge in [0, 0.05) is 18.5 Å². The Balaban J connectivity index is 2.23. The summed E-state index contributed by atoms with van der Waals surface area (Å²) in [6, 6.07) is 1.72. The van der Waals surface area contributed by atoms with E-state index >= 15 is 0 Å². The first kappa shape index (κ1) is 13.3. The van der Waals surface area contributed by atoms with Crippen LogP contribution in [-0.4, -0.2) is 26.3 Å². The normalized spacial score (nSPS) is 16.7. The second-order valence-electron chi connectivity index (χ2n) is 4.53. The third-order valence-corrected chi connectivity index (χ3v) is 6.93. The van der Waals surface area contributed by atoms with Crippen molar-refractivity contribution in [3.05, 3.63) is 16.5 Å². The zero-order valence-corrected chi connectivity index (χ0v) is 12.3. The summed E-state index contributed by atoms with van der Waals surface area (Å²) in [6.07, 6.45) is 2.30. The molecular formula is C11H16ClNO2S2. The number of thiophene rings is 1. The first-order chi connectivity index (χ1) is 7.95. The highest BCUT2D eigenvalue weighted by molar-refractivity contribution is 7.91. The van der Waals surface area contributed by atoms with E-state index in [0.717, 1.165) is 23.3 Å². The maximum Gasteiger partial charge on any atom is 0.252 e. The number of nitrogens with zero attached hydrogens (tertiary/aromatic N) is 1. The second kappa shape index (κ2) is 4.88. The minimum atomic E-state index is -3.31.